The Labute approximate surface area is 129 Å². The van der Waals surface area contributed by atoms with Crippen LogP contribution in [0, 0.1) is 0 Å². The van der Waals surface area contributed by atoms with Crippen molar-refractivity contribution in [3.05, 3.63) is 0 Å². The van der Waals surface area contributed by atoms with E-state index in [-0.39, 0.29) is 120 Å². The molecule has 2 N–H and O–H groups in total. The molecule has 2 radical (unpaired) electrons. The van der Waals surface area contributed by atoms with Crippen LogP contribution in [0.4, 0.5) is 0 Å². The number of rotatable bonds is 0. The Morgan fingerprint density at radius 2 is 1.20 bits per heavy atom. The van der Waals surface area contributed by atoms with Crippen molar-refractivity contribution in [3.63, 3.8) is 0 Å². The molecule has 5 heavy (non-hydrogen) atoms. The average molecular weight is 502 g/mol. The normalized spacial score (nSPS) is 1.20. The van der Waals surface area contributed by atoms with E-state index in [1.807, 2.05) is 0 Å². The monoisotopic (exact) mass is 503 g/mol. The summed E-state index contributed by atoms with van der Waals surface area (Å²) in [7, 11) is 1.50. The predicted molar refractivity (Wildman–Crippen MR) is 41.2 cm³/mol. The van der Waals surface area contributed by atoms with Crippen molar-refractivity contribution in [3.8, 4) is 0 Å². The second-order valence-corrected chi connectivity index (χ2v) is 0. The molecule has 0 aromatic rings. The van der Waals surface area contributed by atoms with Gasteiger partial charge in [0.25, 0.3) is 0 Å². The van der Waals surface area contributed by atoms with Gasteiger partial charge in [0.15, 0.2) is 0 Å². The summed E-state index contributed by atoms with van der Waals surface area (Å²) in [6.07, 6.45) is 0. The molecule has 0 spiro atoms. The molecule has 0 heterocycles. The molecule has 0 aromatic carbocycles. The van der Waals surface area contributed by atoms with Gasteiger partial charge in [-0.15, -0.1) is 24.0 Å². The summed E-state index contributed by atoms with van der Waals surface area (Å²) in [5, 5.41) is 0. The van der Waals surface area contributed by atoms with Crippen molar-refractivity contribution in [2.75, 3.05) is 7.05 Å². The van der Waals surface area contributed by atoms with Gasteiger partial charge in [-0.2, -0.15) is 0 Å². The molecule has 4 heteroatoms. The van der Waals surface area contributed by atoms with Crippen LogP contribution in [0.15, 0.2) is 0 Å². The van der Waals surface area contributed by atoms with Crippen LogP contribution in [0.3, 0.4) is 0 Å². The Morgan fingerprint density at radius 3 is 1.20 bits per heavy atom. The fraction of sp³-hybridized carbons (Fsp3) is 1.00. The van der Waals surface area contributed by atoms with Crippen LogP contribution in [-0.4, -0.2) is 103 Å². The quantitative estimate of drug-likeness (QED) is 0.322. The van der Waals surface area contributed by atoms with E-state index in [4.69, 9.17) is 0 Å². The van der Waals surface area contributed by atoms with Gasteiger partial charge < -0.3 is 5.73 Å². The van der Waals surface area contributed by atoms with Crippen LogP contribution >= 0.6 is 24.0 Å². The summed E-state index contributed by atoms with van der Waals surface area (Å²) in [4.78, 5) is 0. The van der Waals surface area contributed by atoms with Gasteiger partial charge in [0, 0.05) is 0 Å². The van der Waals surface area contributed by atoms with E-state index >= 15 is 0 Å². The summed E-state index contributed by atoms with van der Waals surface area (Å²) >= 11 is 0. The first-order chi connectivity index (χ1) is 1.00. The zero-order chi connectivity index (χ0) is 2.00. The molecule has 0 rings (SSSR count). The van der Waals surface area contributed by atoms with Crippen LogP contribution in [-0.2, 0) is 0 Å². The Morgan fingerprint density at radius 1 is 1.20 bits per heavy atom. The van der Waals surface area contributed by atoms with Crippen molar-refractivity contribution in [2.24, 2.45) is 5.73 Å². The summed E-state index contributed by atoms with van der Waals surface area (Å²) in [6, 6.07) is 0. The Hall–Kier alpha value is 3.66. The Kier molecular flexibility index (Phi) is 119. The van der Waals surface area contributed by atoms with Gasteiger partial charge in [-0.1, -0.05) is 0 Å². The van der Waals surface area contributed by atoms with Gasteiger partial charge in [0.2, 0.25) is 0 Å². The topological polar surface area (TPSA) is 26.0 Å². The summed E-state index contributed by atoms with van der Waals surface area (Å²) in [5.41, 5.74) is 4.50. The first-order valence-electron chi connectivity index (χ1n) is 0.577. The molecule has 0 fully saturated rings. The van der Waals surface area contributed by atoms with E-state index in [2.05, 4.69) is 5.73 Å². The molecule has 0 aliphatic rings. The van der Waals surface area contributed by atoms with Crippen LogP contribution in [0.25, 0.3) is 0 Å². The summed E-state index contributed by atoms with van der Waals surface area (Å²) in [5.74, 6) is 0. The fourth-order valence-corrected chi connectivity index (χ4v) is 0. The van der Waals surface area contributed by atoms with E-state index in [0.717, 1.165) is 0 Å². The summed E-state index contributed by atoms with van der Waals surface area (Å²) in [6.45, 7) is 0. The third-order valence-corrected chi connectivity index (χ3v) is 0. The van der Waals surface area contributed by atoms with Crippen molar-refractivity contribution >= 4 is 120 Å². The van der Waals surface area contributed by atoms with Gasteiger partial charge in [-0.25, -0.2) is 0 Å². The van der Waals surface area contributed by atoms with Crippen molar-refractivity contribution in [1.82, 2.24) is 0 Å². The number of hydrogen-bond donors (Lipinski definition) is 1. The Bertz CT molecular complexity index is 11.6. The molecule has 0 atom stereocenters. The zero-order valence-electron chi connectivity index (χ0n) is 2.69. The molecule has 30 valence electrons. The van der Waals surface area contributed by atoms with E-state index in [1.54, 1.807) is 0 Å². The van der Waals surface area contributed by atoms with Crippen LogP contribution in [0.5, 0.6) is 0 Å². The van der Waals surface area contributed by atoms with Gasteiger partial charge in [-0.05, 0) is 7.05 Å². The van der Waals surface area contributed by atoms with E-state index < -0.39 is 0 Å². The molecule has 0 bridgehead atoms. The molecule has 0 aromatic heterocycles. The Balaban J connectivity index is -0.00000000167. The molecular formula is CH9CsINPb. The molecule has 0 saturated heterocycles. The third-order valence-electron chi connectivity index (χ3n) is 0. The third kappa shape index (κ3) is 18.3. The molecule has 0 saturated carbocycles. The molecule has 1 nitrogen and oxygen atoms in total. The number of hydrogen-bond acceptors (Lipinski definition) is 1. The van der Waals surface area contributed by atoms with E-state index in [9.17, 15) is 0 Å². The average Bonchev–Trinajstić information content (AvgIpc) is 1.00. The number of nitrogens with two attached hydrogens (primary N) is 1. The predicted octanol–water partition coefficient (Wildman–Crippen LogP) is -1.37. The van der Waals surface area contributed by atoms with Crippen LogP contribution in [0.1, 0.15) is 0 Å². The first kappa shape index (κ1) is 23.4. The van der Waals surface area contributed by atoms with E-state index in [0.29, 0.717) is 0 Å². The molecule has 0 amide bonds. The van der Waals surface area contributed by atoms with Crippen molar-refractivity contribution < 1.29 is 0 Å². The standard InChI is InChI=1S/CH5N.Cs.HI.Pb.3H/c1-2;;;;;;/h2H2,1H3;;1H;;;;. The van der Waals surface area contributed by atoms with Gasteiger partial charge in [-0.3, -0.25) is 0 Å². The molecule has 0 unspecified atom stereocenters. The molecule has 0 aliphatic heterocycles. The minimum atomic E-state index is 0. The number of halogens is 1. The van der Waals surface area contributed by atoms with Crippen LogP contribution in [0.2, 0.25) is 0 Å². The second-order valence-electron chi connectivity index (χ2n) is 0. The molecule has 0 aliphatic carbocycles. The SMILES string of the molecule is CN.I.[CsH].[PbH2]. The first-order valence-corrected chi connectivity index (χ1v) is 0.577. The van der Waals surface area contributed by atoms with E-state index in [1.165, 1.54) is 7.05 Å². The summed E-state index contributed by atoms with van der Waals surface area (Å²) < 4.78 is 0. The van der Waals surface area contributed by atoms with Crippen molar-refractivity contribution in [1.29, 1.82) is 0 Å². The van der Waals surface area contributed by atoms with Crippen molar-refractivity contribution in [2.45, 2.75) is 0 Å². The van der Waals surface area contributed by atoms with Gasteiger partial charge in [0.05, 0.1) is 0 Å². The van der Waals surface area contributed by atoms with Gasteiger partial charge >= 0.3 is 96.2 Å². The molecular weight excluding hydrogens is 493 g/mol. The zero-order valence-corrected chi connectivity index (χ0v) is 10.5. The van der Waals surface area contributed by atoms with Gasteiger partial charge in [0.1, 0.15) is 0 Å². The maximum absolute atomic E-state index is 4.50. The minimum absolute atomic E-state index is 0. The van der Waals surface area contributed by atoms with Crippen LogP contribution < -0.4 is 5.73 Å². The second kappa shape index (κ2) is 25.4. The maximum atomic E-state index is 4.50. The fourth-order valence-electron chi connectivity index (χ4n) is 0.